The van der Waals surface area contributed by atoms with Crippen molar-refractivity contribution in [2.75, 3.05) is 39.8 Å². The first-order valence-corrected chi connectivity index (χ1v) is 17.6. The van der Waals surface area contributed by atoms with Gasteiger partial charge in [0.2, 0.25) is 0 Å². The van der Waals surface area contributed by atoms with Crippen LogP contribution in [0.2, 0.25) is 0 Å². The molecule has 0 bridgehead atoms. The molecular weight excluding hydrogens is 726 g/mol. The van der Waals surface area contributed by atoms with Gasteiger partial charge in [-0.15, -0.1) is 0 Å². The fraction of sp³-hybridized carbons (Fsp3) is 0.375. The van der Waals surface area contributed by atoms with Crippen LogP contribution in [-0.4, -0.2) is 59.9 Å². The second-order valence-electron chi connectivity index (χ2n) is 11.1. The summed E-state index contributed by atoms with van der Waals surface area (Å²) in [6, 6.07) is 17.1. The Morgan fingerprint density at radius 2 is 1.15 bits per heavy atom. The Labute approximate surface area is 286 Å². The van der Waals surface area contributed by atoms with Crippen LogP contribution in [0.4, 0.5) is 26.3 Å². The monoisotopic (exact) mass is 758 g/mol. The normalized spacial score (nSPS) is 16.3. The Kier molecular flexibility index (Phi) is 12.2. The van der Waals surface area contributed by atoms with Crippen LogP contribution in [0.5, 0.6) is 0 Å². The van der Waals surface area contributed by atoms with E-state index in [2.05, 4.69) is 58.5 Å². The van der Waals surface area contributed by atoms with Crippen molar-refractivity contribution in [3.8, 4) is 0 Å². The van der Waals surface area contributed by atoms with Crippen LogP contribution < -0.4 is 10.6 Å². The molecule has 2 aliphatic rings. The highest BCUT2D eigenvalue weighted by molar-refractivity contribution is 9.10. The van der Waals surface area contributed by atoms with E-state index in [9.17, 15) is 26.3 Å². The average molecular weight is 760 g/mol. The number of hydrogen-bond acceptors (Lipinski definition) is 8. The van der Waals surface area contributed by atoms with Gasteiger partial charge in [0.1, 0.15) is 0 Å². The van der Waals surface area contributed by atoms with Crippen LogP contribution in [0.1, 0.15) is 33.4 Å². The third-order valence-corrected chi connectivity index (χ3v) is 10.1. The molecule has 2 N–H and O–H groups in total. The van der Waals surface area contributed by atoms with Gasteiger partial charge in [-0.1, -0.05) is 81.9 Å². The number of aliphatic imine (C=N–C) groups is 2. The van der Waals surface area contributed by atoms with Gasteiger partial charge in [0.25, 0.3) is 0 Å². The van der Waals surface area contributed by atoms with E-state index in [0.717, 1.165) is 32.5 Å². The first-order chi connectivity index (χ1) is 22.4. The second kappa shape index (κ2) is 16.1. The third kappa shape index (κ3) is 10.9. The summed E-state index contributed by atoms with van der Waals surface area (Å²) in [7, 11) is 0. The Hall–Kier alpha value is -2.72. The van der Waals surface area contributed by atoms with Crippen molar-refractivity contribution in [1.82, 2.24) is 20.4 Å². The Morgan fingerprint density at radius 3 is 1.60 bits per heavy atom. The van der Waals surface area contributed by atoms with Crippen LogP contribution in [0, 0.1) is 0 Å². The minimum absolute atomic E-state index is 0.470. The van der Waals surface area contributed by atoms with Crippen LogP contribution in [0.3, 0.4) is 0 Å². The van der Waals surface area contributed by atoms with Crippen molar-refractivity contribution in [2.45, 2.75) is 36.7 Å². The van der Waals surface area contributed by atoms with E-state index in [4.69, 9.17) is 0 Å². The quantitative estimate of drug-likeness (QED) is 0.206. The van der Waals surface area contributed by atoms with E-state index < -0.39 is 23.5 Å². The van der Waals surface area contributed by atoms with Crippen LogP contribution >= 0.6 is 39.5 Å². The predicted octanol–water partition coefficient (Wildman–Crippen LogP) is 7.79. The molecule has 2 heterocycles. The molecule has 3 aromatic rings. The molecule has 0 aromatic heterocycles. The van der Waals surface area contributed by atoms with Gasteiger partial charge in [-0.2, -0.15) is 26.3 Å². The first-order valence-electron chi connectivity index (χ1n) is 14.8. The highest BCUT2D eigenvalue weighted by atomic mass is 79.9. The molecule has 47 heavy (non-hydrogen) atoms. The summed E-state index contributed by atoms with van der Waals surface area (Å²) >= 11 is 6.78. The van der Waals surface area contributed by atoms with Gasteiger partial charge >= 0.3 is 12.4 Å². The van der Waals surface area contributed by atoms with Gasteiger partial charge in [0.15, 0.2) is 10.3 Å². The van der Waals surface area contributed by atoms with Crippen molar-refractivity contribution < 1.29 is 26.3 Å². The number of rotatable bonds is 10. The molecule has 0 amide bonds. The van der Waals surface area contributed by atoms with Crippen molar-refractivity contribution in [2.24, 2.45) is 9.98 Å². The second-order valence-corrected chi connectivity index (χ2v) is 13.9. The molecule has 6 nitrogen and oxygen atoms in total. The number of alkyl halides is 6. The summed E-state index contributed by atoms with van der Waals surface area (Å²) in [6.07, 6.45) is -7.70. The van der Waals surface area contributed by atoms with Crippen molar-refractivity contribution in [3.63, 3.8) is 0 Å². The van der Waals surface area contributed by atoms with Crippen LogP contribution in [0.25, 0.3) is 0 Å². The molecule has 2 aliphatic heterocycles. The number of nitrogens with one attached hydrogen (secondary N) is 2. The summed E-state index contributed by atoms with van der Waals surface area (Å²) in [5.41, 5.74) is 2.35. The maximum Gasteiger partial charge on any atom is 0.416 e. The Balaban J connectivity index is 1.06. The molecule has 0 spiro atoms. The molecule has 5 rings (SSSR count). The zero-order chi connectivity index (χ0) is 33.4. The number of thioether (sulfide) groups is 2. The number of hydrogen-bond donors (Lipinski definition) is 2. The standard InChI is InChI=1S/C32H33BrF6N6S2/c33-28-8-7-24(16-46-29-40-18-44(19-41-29)11-9-22-3-1-5-26(13-22)31(34,35)36)25(15-28)17-47-30-42-20-45(21-43-30)12-10-23-4-2-6-27(14-23)32(37,38)39/h1-8,13-15H,9-12,16-21H2,(H,40,41)(H,42,43). The highest BCUT2D eigenvalue weighted by Gasteiger charge is 2.31. The van der Waals surface area contributed by atoms with E-state index in [1.807, 2.05) is 6.07 Å². The minimum atomic E-state index is -4.35. The van der Waals surface area contributed by atoms with Gasteiger partial charge < -0.3 is 10.6 Å². The summed E-state index contributed by atoms with van der Waals surface area (Å²) in [5, 5.41) is 8.29. The third-order valence-electron chi connectivity index (χ3n) is 7.58. The topological polar surface area (TPSA) is 55.3 Å². The van der Waals surface area contributed by atoms with Crippen LogP contribution in [-0.2, 0) is 36.7 Å². The lowest BCUT2D eigenvalue weighted by atomic mass is 10.1. The number of amidine groups is 2. The molecular formula is C32H33BrF6N6S2. The molecule has 0 radical (unpaired) electrons. The lowest BCUT2D eigenvalue weighted by Gasteiger charge is -2.27. The summed E-state index contributed by atoms with van der Waals surface area (Å²) in [6.45, 7) is 3.26. The van der Waals surface area contributed by atoms with E-state index in [-0.39, 0.29) is 0 Å². The summed E-state index contributed by atoms with van der Waals surface area (Å²) in [4.78, 5) is 13.4. The highest BCUT2D eigenvalue weighted by Crippen LogP contribution is 2.31. The molecule has 0 fully saturated rings. The molecule has 252 valence electrons. The van der Waals surface area contributed by atoms with E-state index in [1.54, 1.807) is 35.7 Å². The van der Waals surface area contributed by atoms with Gasteiger partial charge in [0.05, 0.1) is 37.8 Å². The Morgan fingerprint density at radius 1 is 0.660 bits per heavy atom. The zero-order valence-corrected chi connectivity index (χ0v) is 28.4. The van der Waals surface area contributed by atoms with Gasteiger partial charge in [0, 0.05) is 29.1 Å². The fourth-order valence-corrected chi connectivity index (χ4v) is 7.11. The summed E-state index contributed by atoms with van der Waals surface area (Å²) in [5.74, 6) is 1.41. The largest absolute Gasteiger partial charge is 0.416 e. The van der Waals surface area contributed by atoms with E-state index >= 15 is 0 Å². The SMILES string of the molecule is FC(F)(F)c1cccc(CCN2CN=C(SCc3ccc(Br)cc3CSC3=NCN(CCc4cccc(C(F)(F)F)c4)CN3)NC2)c1. The molecule has 3 aromatic carbocycles. The number of nitrogens with zero attached hydrogens (tertiary/aromatic N) is 4. The smallest absolute Gasteiger partial charge is 0.352 e. The van der Waals surface area contributed by atoms with Crippen LogP contribution in [0.15, 0.2) is 81.2 Å². The van der Waals surface area contributed by atoms with Crippen molar-refractivity contribution in [1.29, 1.82) is 0 Å². The number of benzene rings is 3. The minimum Gasteiger partial charge on any atom is -0.352 e. The molecule has 0 aliphatic carbocycles. The fourth-order valence-electron chi connectivity index (χ4n) is 4.93. The summed E-state index contributed by atoms with van der Waals surface area (Å²) < 4.78 is 79.1. The van der Waals surface area contributed by atoms with Gasteiger partial charge in [-0.05, 0) is 59.4 Å². The van der Waals surface area contributed by atoms with Gasteiger partial charge in [-0.25, -0.2) is 9.98 Å². The Bertz CT molecular complexity index is 1580. The molecule has 0 saturated heterocycles. The van der Waals surface area contributed by atoms with Crippen molar-refractivity contribution >= 4 is 49.8 Å². The van der Waals surface area contributed by atoms with E-state index in [0.29, 0.717) is 75.2 Å². The molecule has 15 heteroatoms. The lowest BCUT2D eigenvalue weighted by Crippen LogP contribution is -2.42. The zero-order valence-electron chi connectivity index (χ0n) is 25.2. The maximum absolute atomic E-state index is 13.0. The van der Waals surface area contributed by atoms with Crippen molar-refractivity contribution in [3.05, 3.63) is 105 Å². The number of halogens is 7. The molecule has 0 unspecified atom stereocenters. The van der Waals surface area contributed by atoms with Gasteiger partial charge in [-0.3, -0.25) is 9.80 Å². The lowest BCUT2D eigenvalue weighted by molar-refractivity contribution is -0.138. The average Bonchev–Trinajstić information content (AvgIpc) is 3.05. The van der Waals surface area contributed by atoms with E-state index in [1.165, 1.54) is 29.8 Å². The predicted molar refractivity (Wildman–Crippen MR) is 181 cm³/mol. The molecule has 0 saturated carbocycles. The first kappa shape index (κ1) is 35.6. The molecule has 0 atom stereocenters. The maximum atomic E-state index is 13.0.